The highest BCUT2D eigenvalue weighted by atomic mass is 19.1. The summed E-state index contributed by atoms with van der Waals surface area (Å²) in [5.74, 6) is 0.118. The third kappa shape index (κ3) is 6.86. The maximum Gasteiger partial charge on any atom is 0.216 e. The fourth-order valence-corrected chi connectivity index (χ4v) is 0.866. The predicted molar refractivity (Wildman–Crippen MR) is 67.3 cm³/mol. The molecule has 0 fully saturated rings. The number of aliphatic imine (C=N–C) groups is 2. The van der Waals surface area contributed by atoms with E-state index in [0.29, 0.717) is 0 Å². The maximum absolute atomic E-state index is 11.8. The molecule has 2 unspecified atom stereocenters. The smallest absolute Gasteiger partial charge is 0.216 e. The molecule has 0 aliphatic rings. The van der Waals surface area contributed by atoms with Crippen molar-refractivity contribution in [2.24, 2.45) is 15.9 Å². The van der Waals surface area contributed by atoms with Crippen molar-refractivity contribution in [3.63, 3.8) is 0 Å². The normalized spacial score (nSPS) is 15.2. The van der Waals surface area contributed by atoms with Gasteiger partial charge in [-0.1, -0.05) is 19.9 Å². The first kappa shape index (κ1) is 14.5. The molecule has 0 spiro atoms. The third-order valence-corrected chi connectivity index (χ3v) is 1.85. The lowest BCUT2D eigenvalue weighted by molar-refractivity contribution is 0.586. The van der Waals surface area contributed by atoms with Crippen LogP contribution in [0.2, 0.25) is 0 Å². The van der Waals surface area contributed by atoms with Crippen molar-refractivity contribution in [2.75, 3.05) is 6.67 Å². The minimum Gasteiger partial charge on any atom is -0.333 e. The van der Waals surface area contributed by atoms with Crippen LogP contribution in [0.4, 0.5) is 4.39 Å². The molecule has 0 aromatic carbocycles. The second-order valence-corrected chi connectivity index (χ2v) is 3.28. The molecule has 0 aliphatic carbocycles. The van der Waals surface area contributed by atoms with Gasteiger partial charge in [-0.15, -0.1) is 6.58 Å². The summed E-state index contributed by atoms with van der Waals surface area (Å²) in [6.07, 6.45) is 5.11. The van der Waals surface area contributed by atoms with Gasteiger partial charge >= 0.3 is 0 Å². The van der Waals surface area contributed by atoms with Gasteiger partial charge in [-0.2, -0.15) is 0 Å². The molecule has 0 aliphatic heterocycles. The SMILES string of the molecule is C=CC(C)C=NC(CC)NC(=N)N=CCF. The quantitative estimate of drug-likeness (QED) is 0.407. The molecule has 5 heteroatoms. The molecule has 0 radical (unpaired) electrons. The Hall–Kier alpha value is -1.52. The fraction of sp³-hybridized carbons (Fsp3) is 0.545. The monoisotopic (exact) mass is 226 g/mol. The lowest BCUT2D eigenvalue weighted by atomic mass is 10.2. The zero-order valence-corrected chi connectivity index (χ0v) is 9.78. The summed E-state index contributed by atoms with van der Waals surface area (Å²) in [7, 11) is 0. The Labute approximate surface area is 95.9 Å². The summed E-state index contributed by atoms with van der Waals surface area (Å²) in [6.45, 7) is 6.89. The van der Waals surface area contributed by atoms with Crippen LogP contribution < -0.4 is 5.32 Å². The van der Waals surface area contributed by atoms with E-state index >= 15 is 0 Å². The first-order chi connectivity index (χ1) is 7.63. The number of guanidine groups is 1. The van der Waals surface area contributed by atoms with Crippen LogP contribution in [0.5, 0.6) is 0 Å². The minimum absolute atomic E-state index is 0.0760. The summed E-state index contributed by atoms with van der Waals surface area (Å²) in [5, 5.41) is 10.2. The van der Waals surface area contributed by atoms with Gasteiger partial charge in [-0.25, -0.2) is 9.38 Å². The Morgan fingerprint density at radius 2 is 2.31 bits per heavy atom. The third-order valence-electron chi connectivity index (χ3n) is 1.85. The van der Waals surface area contributed by atoms with Crippen molar-refractivity contribution >= 4 is 18.4 Å². The molecule has 0 bridgehead atoms. The van der Waals surface area contributed by atoms with E-state index in [1.165, 1.54) is 0 Å². The van der Waals surface area contributed by atoms with Gasteiger partial charge in [-0.05, 0) is 6.42 Å². The highest BCUT2D eigenvalue weighted by Crippen LogP contribution is 1.96. The van der Waals surface area contributed by atoms with Crippen molar-refractivity contribution in [1.82, 2.24) is 5.32 Å². The van der Waals surface area contributed by atoms with Crippen molar-refractivity contribution in [2.45, 2.75) is 26.4 Å². The molecule has 0 amide bonds. The average molecular weight is 226 g/mol. The molecule has 2 N–H and O–H groups in total. The van der Waals surface area contributed by atoms with Gasteiger partial charge in [0.15, 0.2) is 0 Å². The number of alkyl halides is 1. The van der Waals surface area contributed by atoms with E-state index in [9.17, 15) is 4.39 Å². The van der Waals surface area contributed by atoms with Gasteiger partial charge in [-0.3, -0.25) is 10.4 Å². The Balaban J connectivity index is 4.19. The van der Waals surface area contributed by atoms with E-state index < -0.39 is 6.67 Å². The van der Waals surface area contributed by atoms with Crippen LogP contribution in [-0.2, 0) is 0 Å². The second-order valence-electron chi connectivity index (χ2n) is 3.28. The fourth-order valence-electron chi connectivity index (χ4n) is 0.866. The lowest BCUT2D eigenvalue weighted by Gasteiger charge is -2.12. The van der Waals surface area contributed by atoms with E-state index in [1.807, 2.05) is 13.8 Å². The molecule has 0 saturated carbocycles. The van der Waals surface area contributed by atoms with Crippen LogP contribution in [0.25, 0.3) is 0 Å². The van der Waals surface area contributed by atoms with Crippen LogP contribution in [0.3, 0.4) is 0 Å². The minimum atomic E-state index is -0.669. The Bertz CT molecular complexity index is 273. The molecular weight excluding hydrogens is 207 g/mol. The van der Waals surface area contributed by atoms with Crippen LogP contribution in [0.1, 0.15) is 20.3 Å². The highest BCUT2D eigenvalue weighted by molar-refractivity contribution is 5.85. The number of hydrogen-bond donors (Lipinski definition) is 2. The Kier molecular flexibility index (Phi) is 7.93. The highest BCUT2D eigenvalue weighted by Gasteiger charge is 2.03. The van der Waals surface area contributed by atoms with Gasteiger partial charge in [0.05, 0.1) is 0 Å². The number of nitrogens with one attached hydrogen (secondary N) is 2. The summed E-state index contributed by atoms with van der Waals surface area (Å²) in [6, 6.07) is 0. The van der Waals surface area contributed by atoms with Crippen LogP contribution in [0.15, 0.2) is 22.6 Å². The van der Waals surface area contributed by atoms with Crippen LogP contribution in [0, 0.1) is 11.3 Å². The standard InChI is InChI=1S/C11H19FN4/c1-4-9(3)8-15-10(5-2)16-11(13)14-7-6-12/h4,7-10H,1,5-6H2,2-3H3,(H2,13,16). The molecule has 0 rings (SSSR count). The molecule has 0 saturated heterocycles. The van der Waals surface area contributed by atoms with Gasteiger partial charge < -0.3 is 5.32 Å². The lowest BCUT2D eigenvalue weighted by Crippen LogP contribution is -2.31. The zero-order chi connectivity index (χ0) is 12.4. The first-order valence-corrected chi connectivity index (χ1v) is 5.23. The first-order valence-electron chi connectivity index (χ1n) is 5.23. The van der Waals surface area contributed by atoms with Crippen molar-refractivity contribution in [1.29, 1.82) is 5.41 Å². The molecule has 2 atom stereocenters. The van der Waals surface area contributed by atoms with Crippen molar-refractivity contribution in [3.05, 3.63) is 12.7 Å². The molecule has 0 aromatic rings. The molecule has 16 heavy (non-hydrogen) atoms. The maximum atomic E-state index is 11.8. The number of allylic oxidation sites excluding steroid dienone is 1. The van der Waals surface area contributed by atoms with Gasteiger partial charge in [0.2, 0.25) is 5.96 Å². The van der Waals surface area contributed by atoms with Crippen LogP contribution >= 0.6 is 0 Å². The summed E-state index contributed by atoms with van der Waals surface area (Å²) >= 11 is 0. The van der Waals surface area contributed by atoms with E-state index in [2.05, 4.69) is 21.9 Å². The molecule has 0 aromatic heterocycles. The van der Waals surface area contributed by atoms with Crippen molar-refractivity contribution < 1.29 is 4.39 Å². The molecule has 4 nitrogen and oxygen atoms in total. The molecule has 90 valence electrons. The summed E-state index contributed by atoms with van der Waals surface area (Å²) in [4.78, 5) is 7.80. The van der Waals surface area contributed by atoms with Gasteiger partial charge in [0, 0.05) is 18.3 Å². The number of nitrogens with zero attached hydrogens (tertiary/aromatic N) is 2. The van der Waals surface area contributed by atoms with Crippen LogP contribution in [-0.4, -0.2) is 31.2 Å². The van der Waals surface area contributed by atoms with Crippen molar-refractivity contribution in [3.8, 4) is 0 Å². The number of halogens is 1. The van der Waals surface area contributed by atoms with E-state index in [-0.39, 0.29) is 18.0 Å². The van der Waals surface area contributed by atoms with E-state index in [0.717, 1.165) is 12.6 Å². The number of rotatable bonds is 6. The van der Waals surface area contributed by atoms with E-state index in [4.69, 9.17) is 5.41 Å². The Morgan fingerprint density at radius 1 is 1.62 bits per heavy atom. The zero-order valence-electron chi connectivity index (χ0n) is 9.78. The predicted octanol–water partition coefficient (Wildman–Crippen LogP) is 2.18. The second kappa shape index (κ2) is 8.76. The average Bonchev–Trinajstić information content (AvgIpc) is 2.31. The summed E-state index contributed by atoms with van der Waals surface area (Å²) in [5.41, 5.74) is 0. The van der Waals surface area contributed by atoms with Gasteiger partial charge in [0.1, 0.15) is 12.8 Å². The molecular formula is C11H19FN4. The van der Waals surface area contributed by atoms with E-state index in [1.54, 1.807) is 12.3 Å². The summed E-state index contributed by atoms with van der Waals surface area (Å²) < 4.78 is 11.8. The largest absolute Gasteiger partial charge is 0.333 e. The van der Waals surface area contributed by atoms with Gasteiger partial charge in [0.25, 0.3) is 0 Å². The molecule has 0 heterocycles. The Morgan fingerprint density at radius 3 is 2.81 bits per heavy atom. The topological polar surface area (TPSA) is 60.6 Å². The number of hydrogen-bond acceptors (Lipinski definition) is 2.